The first-order valence-corrected chi connectivity index (χ1v) is 6.35. The number of carbonyl (C=O) groups is 1. The topological polar surface area (TPSA) is 49.8 Å². The Labute approximate surface area is 111 Å². The number of likely N-dealkylation sites (tertiary alicyclic amines) is 1. The van der Waals surface area contributed by atoms with Gasteiger partial charge in [0, 0.05) is 5.92 Å². The molecule has 1 aliphatic rings. The van der Waals surface area contributed by atoms with Gasteiger partial charge in [-0.2, -0.15) is 0 Å². The minimum Gasteiger partial charge on any atom is -0.445 e. The predicted molar refractivity (Wildman–Crippen MR) is 68.3 cm³/mol. The van der Waals surface area contributed by atoms with Crippen LogP contribution in [0.1, 0.15) is 12.5 Å². The second-order valence-electron chi connectivity index (χ2n) is 4.82. The van der Waals surface area contributed by atoms with E-state index in [-0.39, 0.29) is 25.7 Å². The number of nitrogens with zero attached hydrogens (tertiary/aromatic N) is 1. The Hall–Kier alpha value is -1.62. The summed E-state index contributed by atoms with van der Waals surface area (Å²) in [5.74, 6) is -0.366. The van der Waals surface area contributed by atoms with Gasteiger partial charge in [-0.3, -0.25) is 4.90 Å². The second kappa shape index (κ2) is 6.02. The van der Waals surface area contributed by atoms with Crippen LogP contribution in [-0.4, -0.2) is 41.5 Å². The lowest BCUT2D eigenvalue weighted by Crippen LogP contribution is -2.40. The van der Waals surface area contributed by atoms with Crippen LogP contribution in [0.3, 0.4) is 0 Å². The zero-order valence-corrected chi connectivity index (χ0v) is 10.8. The maximum absolute atomic E-state index is 13.6. The number of amides is 1. The molecular weight excluding hydrogens is 249 g/mol. The molecule has 4 nitrogen and oxygen atoms in total. The third-order valence-corrected chi connectivity index (χ3v) is 3.58. The normalized spacial score (nSPS) is 26.5. The molecule has 1 saturated heterocycles. The van der Waals surface area contributed by atoms with Gasteiger partial charge in [0.15, 0.2) is 0 Å². The van der Waals surface area contributed by atoms with Crippen LogP contribution in [0, 0.1) is 5.92 Å². The van der Waals surface area contributed by atoms with Crippen molar-refractivity contribution in [2.75, 3.05) is 13.2 Å². The highest BCUT2D eigenvalue weighted by molar-refractivity contribution is 5.68. The summed E-state index contributed by atoms with van der Waals surface area (Å²) < 4.78 is 18.7. The van der Waals surface area contributed by atoms with E-state index in [9.17, 15) is 14.3 Å². The summed E-state index contributed by atoms with van der Waals surface area (Å²) >= 11 is 0. The molecule has 1 aromatic rings. The van der Waals surface area contributed by atoms with Gasteiger partial charge in [-0.15, -0.1) is 0 Å². The number of rotatable bonds is 3. The van der Waals surface area contributed by atoms with Crippen LogP contribution in [0.25, 0.3) is 0 Å². The molecular formula is C14H18FNO3. The minimum atomic E-state index is -1.11. The fourth-order valence-electron chi connectivity index (χ4n) is 2.29. The molecule has 0 spiro atoms. The highest BCUT2D eigenvalue weighted by Gasteiger charge is 2.42. The average Bonchev–Trinajstić information content (AvgIpc) is 2.73. The quantitative estimate of drug-likeness (QED) is 0.911. The second-order valence-corrected chi connectivity index (χ2v) is 4.82. The van der Waals surface area contributed by atoms with Gasteiger partial charge in [-0.05, 0) is 5.56 Å². The Balaban J connectivity index is 1.93. The number of hydrogen-bond acceptors (Lipinski definition) is 3. The molecule has 1 heterocycles. The van der Waals surface area contributed by atoms with Gasteiger partial charge < -0.3 is 9.84 Å². The number of ether oxygens (including phenoxy) is 1. The van der Waals surface area contributed by atoms with E-state index >= 15 is 0 Å². The molecule has 19 heavy (non-hydrogen) atoms. The summed E-state index contributed by atoms with van der Waals surface area (Å²) in [5.41, 5.74) is 0.875. The first-order chi connectivity index (χ1) is 9.13. The lowest BCUT2D eigenvalue weighted by molar-refractivity contribution is 0.0739. The monoisotopic (exact) mass is 267 g/mol. The lowest BCUT2D eigenvalue weighted by atomic mass is 10.0. The van der Waals surface area contributed by atoms with Crippen LogP contribution in [0.15, 0.2) is 30.3 Å². The smallest absolute Gasteiger partial charge is 0.410 e. The van der Waals surface area contributed by atoms with Gasteiger partial charge in [0.1, 0.15) is 12.8 Å². The van der Waals surface area contributed by atoms with Gasteiger partial charge in [-0.1, -0.05) is 37.3 Å². The highest BCUT2D eigenvalue weighted by atomic mass is 19.1. The zero-order chi connectivity index (χ0) is 13.8. The van der Waals surface area contributed by atoms with Gasteiger partial charge in [0.2, 0.25) is 0 Å². The molecule has 104 valence electrons. The highest BCUT2D eigenvalue weighted by Crippen LogP contribution is 2.27. The van der Waals surface area contributed by atoms with E-state index in [4.69, 9.17) is 4.74 Å². The van der Waals surface area contributed by atoms with E-state index in [1.54, 1.807) is 6.92 Å². The fraction of sp³-hybridized carbons (Fsp3) is 0.500. The number of hydrogen-bond donors (Lipinski definition) is 1. The Morgan fingerprint density at radius 2 is 2.16 bits per heavy atom. The molecule has 0 radical (unpaired) electrons. The zero-order valence-electron chi connectivity index (χ0n) is 10.8. The van der Waals surface area contributed by atoms with E-state index in [1.807, 2.05) is 30.3 Å². The molecule has 1 aromatic carbocycles. The van der Waals surface area contributed by atoms with Crippen molar-refractivity contribution in [1.29, 1.82) is 0 Å². The maximum atomic E-state index is 13.6. The minimum absolute atomic E-state index is 0.0139. The summed E-state index contributed by atoms with van der Waals surface area (Å²) in [5, 5.41) is 9.24. The first kappa shape index (κ1) is 13.8. The SMILES string of the molecule is C[C@@H]1[C@@H](F)CN(C(=O)OCc2ccccc2)[C@H]1CO. The molecule has 1 amide bonds. The summed E-state index contributed by atoms with van der Waals surface area (Å²) in [6.07, 6.45) is -1.68. The number of aliphatic hydroxyl groups is 1. The molecule has 1 fully saturated rings. The van der Waals surface area contributed by atoms with E-state index in [0.29, 0.717) is 0 Å². The Morgan fingerprint density at radius 3 is 2.79 bits per heavy atom. The summed E-state index contributed by atoms with van der Waals surface area (Å²) in [4.78, 5) is 13.2. The van der Waals surface area contributed by atoms with Crippen molar-refractivity contribution in [3.63, 3.8) is 0 Å². The van der Waals surface area contributed by atoms with Crippen molar-refractivity contribution in [1.82, 2.24) is 4.90 Å². The number of carbonyl (C=O) groups excluding carboxylic acids is 1. The van der Waals surface area contributed by atoms with E-state index in [1.165, 1.54) is 4.90 Å². The molecule has 5 heteroatoms. The molecule has 0 aromatic heterocycles. The molecule has 3 atom stereocenters. The Kier molecular flexibility index (Phi) is 4.37. The van der Waals surface area contributed by atoms with Gasteiger partial charge in [0.25, 0.3) is 0 Å². The van der Waals surface area contributed by atoms with Crippen LogP contribution >= 0.6 is 0 Å². The van der Waals surface area contributed by atoms with Crippen molar-refractivity contribution in [2.24, 2.45) is 5.92 Å². The third kappa shape index (κ3) is 3.04. The third-order valence-electron chi connectivity index (χ3n) is 3.58. The van der Waals surface area contributed by atoms with E-state index < -0.39 is 18.3 Å². The van der Waals surface area contributed by atoms with Crippen molar-refractivity contribution < 1.29 is 19.0 Å². The molecule has 1 N–H and O–H groups in total. The number of alkyl halides is 1. The van der Waals surface area contributed by atoms with Crippen molar-refractivity contribution >= 4 is 6.09 Å². The molecule has 1 aliphatic heterocycles. The number of benzene rings is 1. The van der Waals surface area contributed by atoms with E-state index in [2.05, 4.69) is 0 Å². The molecule has 0 unspecified atom stereocenters. The fourth-order valence-corrected chi connectivity index (χ4v) is 2.29. The standard InChI is InChI=1S/C14H18FNO3/c1-10-12(15)7-16(13(10)8-17)14(18)19-9-11-5-3-2-4-6-11/h2-6,10,12-13,17H,7-9H2,1H3/t10-,12+,13+/m1/s1. The van der Waals surface area contributed by atoms with Gasteiger partial charge in [-0.25, -0.2) is 9.18 Å². The Morgan fingerprint density at radius 1 is 1.47 bits per heavy atom. The molecule has 0 saturated carbocycles. The summed E-state index contributed by atoms with van der Waals surface area (Å²) in [6, 6.07) is 8.79. The van der Waals surface area contributed by atoms with Crippen LogP contribution in [-0.2, 0) is 11.3 Å². The molecule has 0 bridgehead atoms. The van der Waals surface area contributed by atoms with Gasteiger partial charge in [0.05, 0.1) is 19.2 Å². The number of aliphatic hydroxyl groups excluding tert-OH is 1. The van der Waals surface area contributed by atoms with Crippen LogP contribution in [0.5, 0.6) is 0 Å². The summed E-state index contributed by atoms with van der Waals surface area (Å²) in [6.45, 7) is 1.58. The number of halogens is 1. The molecule has 0 aliphatic carbocycles. The lowest BCUT2D eigenvalue weighted by Gasteiger charge is -2.23. The van der Waals surface area contributed by atoms with E-state index in [0.717, 1.165) is 5.56 Å². The van der Waals surface area contributed by atoms with Crippen LogP contribution in [0.4, 0.5) is 9.18 Å². The first-order valence-electron chi connectivity index (χ1n) is 6.35. The van der Waals surface area contributed by atoms with Crippen LogP contribution in [0.2, 0.25) is 0 Å². The predicted octanol–water partition coefficient (Wildman–Crippen LogP) is 1.97. The summed E-state index contributed by atoms with van der Waals surface area (Å²) in [7, 11) is 0. The van der Waals surface area contributed by atoms with Gasteiger partial charge >= 0.3 is 6.09 Å². The molecule has 2 rings (SSSR count). The van der Waals surface area contributed by atoms with Crippen molar-refractivity contribution in [2.45, 2.75) is 25.7 Å². The van der Waals surface area contributed by atoms with Crippen molar-refractivity contribution in [3.8, 4) is 0 Å². The maximum Gasteiger partial charge on any atom is 0.410 e. The van der Waals surface area contributed by atoms with Crippen molar-refractivity contribution in [3.05, 3.63) is 35.9 Å². The average molecular weight is 267 g/mol. The Bertz CT molecular complexity index is 426. The van der Waals surface area contributed by atoms with Crippen LogP contribution < -0.4 is 0 Å². The largest absolute Gasteiger partial charge is 0.445 e.